The van der Waals surface area contributed by atoms with Gasteiger partial charge in [-0.2, -0.15) is 0 Å². The molecule has 3 fully saturated rings. The second-order valence-electron chi connectivity index (χ2n) is 22.9. The number of rotatable bonds is 47. The second-order valence-corrected chi connectivity index (χ2v) is 22.9. The first-order valence-corrected chi connectivity index (χ1v) is 31.4. The van der Waals surface area contributed by atoms with E-state index in [0.717, 1.165) is 44.9 Å². The van der Waals surface area contributed by atoms with Gasteiger partial charge in [-0.05, 0) is 19.3 Å². The topological polar surface area (TPSA) is 307 Å². The summed E-state index contributed by atoms with van der Waals surface area (Å²) in [6, 6.07) is -0.966. The Bertz CT molecular complexity index is 1500. The highest BCUT2D eigenvalue weighted by molar-refractivity contribution is 5.76. The molecule has 3 heterocycles. The molecule has 3 aliphatic rings. The Morgan fingerprint density at radius 3 is 1.19 bits per heavy atom. The van der Waals surface area contributed by atoms with Gasteiger partial charge in [-0.15, -0.1) is 0 Å². The Balaban J connectivity index is 1.42. The van der Waals surface area contributed by atoms with Crippen LogP contribution in [0.4, 0.5) is 0 Å². The number of hydrogen-bond acceptors (Lipinski definition) is 18. The fourth-order valence-electron chi connectivity index (χ4n) is 10.9. The number of hydrogen-bond donors (Lipinski definition) is 12. The molecule has 3 saturated heterocycles. The quantitative estimate of drug-likeness (QED) is 0.0240. The van der Waals surface area contributed by atoms with Gasteiger partial charge in [-0.1, -0.05) is 219 Å². The number of carbonyl (C=O) groups is 1. The van der Waals surface area contributed by atoms with Crippen LogP contribution in [-0.2, 0) is 33.2 Å². The van der Waals surface area contributed by atoms with Gasteiger partial charge in [0.15, 0.2) is 18.9 Å². The second kappa shape index (κ2) is 44.1. The van der Waals surface area contributed by atoms with Crippen molar-refractivity contribution in [2.75, 3.05) is 26.4 Å². The lowest BCUT2D eigenvalue weighted by atomic mass is 9.96. The van der Waals surface area contributed by atoms with E-state index >= 15 is 0 Å². The predicted octanol–water partition coefficient (Wildman–Crippen LogP) is 6.16. The third kappa shape index (κ3) is 27.9. The van der Waals surface area contributed by atoms with E-state index in [1.165, 1.54) is 161 Å². The molecule has 12 N–H and O–H groups in total. The average molecular weight is 1140 g/mol. The first kappa shape index (κ1) is 71.8. The summed E-state index contributed by atoms with van der Waals surface area (Å²) in [7, 11) is 0. The molecule has 79 heavy (non-hydrogen) atoms. The van der Waals surface area contributed by atoms with Gasteiger partial charge in [0.1, 0.15) is 73.2 Å². The third-order valence-electron chi connectivity index (χ3n) is 16.1. The van der Waals surface area contributed by atoms with Gasteiger partial charge in [0.05, 0.1) is 38.6 Å². The summed E-state index contributed by atoms with van der Waals surface area (Å²) in [5.74, 6) is -0.273. The minimum Gasteiger partial charge on any atom is -0.394 e. The van der Waals surface area contributed by atoms with Crippen molar-refractivity contribution in [3.63, 3.8) is 0 Å². The first-order valence-electron chi connectivity index (χ1n) is 31.4. The molecule has 19 heteroatoms. The summed E-state index contributed by atoms with van der Waals surface area (Å²) in [6.07, 6.45) is 17.9. The molecule has 0 saturated carbocycles. The van der Waals surface area contributed by atoms with Gasteiger partial charge in [0.2, 0.25) is 5.91 Å². The van der Waals surface area contributed by atoms with Crippen LogP contribution in [0.2, 0.25) is 0 Å². The largest absolute Gasteiger partial charge is 0.394 e. The zero-order valence-electron chi connectivity index (χ0n) is 48.6. The minimum atomic E-state index is -1.97. The van der Waals surface area contributed by atoms with Crippen molar-refractivity contribution in [1.29, 1.82) is 0 Å². The van der Waals surface area contributed by atoms with E-state index in [1.807, 2.05) is 6.08 Å². The fourth-order valence-corrected chi connectivity index (χ4v) is 10.9. The molecule has 3 aliphatic heterocycles. The molecule has 17 unspecified atom stereocenters. The van der Waals surface area contributed by atoms with Gasteiger partial charge >= 0.3 is 0 Å². The number of carbonyl (C=O) groups excluding carboxylic acids is 1. The summed E-state index contributed by atoms with van der Waals surface area (Å²) in [4.78, 5) is 13.3. The monoisotopic (exact) mass is 1140 g/mol. The maximum atomic E-state index is 13.3. The van der Waals surface area contributed by atoms with Crippen molar-refractivity contribution < 1.29 is 89.4 Å². The molecule has 0 aromatic rings. The molecule has 0 aliphatic carbocycles. The third-order valence-corrected chi connectivity index (χ3v) is 16.1. The van der Waals surface area contributed by atoms with Crippen molar-refractivity contribution in [1.82, 2.24) is 5.32 Å². The Morgan fingerprint density at radius 1 is 0.443 bits per heavy atom. The van der Waals surface area contributed by atoms with E-state index in [2.05, 4.69) is 19.2 Å². The molecule has 0 aromatic carbocycles. The maximum Gasteiger partial charge on any atom is 0.220 e. The Labute approximate surface area is 474 Å². The van der Waals surface area contributed by atoms with E-state index in [4.69, 9.17) is 28.4 Å². The lowest BCUT2D eigenvalue weighted by molar-refractivity contribution is -0.379. The van der Waals surface area contributed by atoms with Gasteiger partial charge in [-0.25, -0.2) is 0 Å². The van der Waals surface area contributed by atoms with Gasteiger partial charge in [0, 0.05) is 6.42 Å². The smallest absolute Gasteiger partial charge is 0.220 e. The summed E-state index contributed by atoms with van der Waals surface area (Å²) < 4.78 is 34.2. The van der Waals surface area contributed by atoms with Crippen LogP contribution in [0.1, 0.15) is 232 Å². The zero-order chi connectivity index (χ0) is 57.6. The number of aliphatic hydroxyl groups is 11. The molecule has 466 valence electrons. The number of unbranched alkanes of at least 4 members (excludes halogenated alkanes) is 31. The summed E-state index contributed by atoms with van der Waals surface area (Å²) in [5.41, 5.74) is 0. The van der Waals surface area contributed by atoms with Crippen molar-refractivity contribution in [3.05, 3.63) is 12.2 Å². The average Bonchev–Trinajstić information content (AvgIpc) is 3.45. The number of aliphatic hydroxyl groups excluding tert-OH is 11. The zero-order valence-corrected chi connectivity index (χ0v) is 48.6. The Kier molecular flexibility index (Phi) is 40.1. The number of ether oxygens (including phenoxy) is 6. The highest BCUT2D eigenvalue weighted by atomic mass is 16.8. The molecule has 0 bridgehead atoms. The SMILES string of the molecule is CCCCCCCCCC/C=C/C(O)C(COC1OC(CO)C(OC2OC(CO)C(OC3OC(CO)C(O)C(O)C3O)C(O)C2O)C(O)C1O)NC(=O)CCCCCCCCCCCCCCCCCCCCCCCCCC. The van der Waals surface area contributed by atoms with Gasteiger partial charge in [-0.3, -0.25) is 4.79 Å². The normalized spacial score (nSPS) is 30.3. The first-order chi connectivity index (χ1) is 38.3. The van der Waals surface area contributed by atoms with Crippen molar-refractivity contribution >= 4 is 5.91 Å². The van der Waals surface area contributed by atoms with Crippen LogP contribution >= 0.6 is 0 Å². The molecule has 19 nitrogen and oxygen atoms in total. The summed E-state index contributed by atoms with van der Waals surface area (Å²) >= 11 is 0. The Hall–Kier alpha value is -1.47. The van der Waals surface area contributed by atoms with E-state index in [-0.39, 0.29) is 18.9 Å². The highest BCUT2D eigenvalue weighted by Crippen LogP contribution is 2.33. The van der Waals surface area contributed by atoms with Gasteiger partial charge < -0.3 is 89.9 Å². The molecule has 17 atom stereocenters. The predicted molar refractivity (Wildman–Crippen MR) is 300 cm³/mol. The molecule has 0 aromatic heterocycles. The maximum absolute atomic E-state index is 13.3. The van der Waals surface area contributed by atoms with Crippen LogP contribution in [0.25, 0.3) is 0 Å². The molecule has 3 rings (SSSR count). The lowest BCUT2D eigenvalue weighted by Gasteiger charge is -2.48. The summed E-state index contributed by atoms with van der Waals surface area (Å²) in [5, 5.41) is 120. The van der Waals surface area contributed by atoms with Crippen LogP contribution in [0.3, 0.4) is 0 Å². The van der Waals surface area contributed by atoms with Crippen molar-refractivity contribution in [2.24, 2.45) is 0 Å². The highest BCUT2D eigenvalue weighted by Gasteiger charge is 2.53. The summed E-state index contributed by atoms with van der Waals surface area (Å²) in [6.45, 7) is 1.71. The van der Waals surface area contributed by atoms with Crippen molar-refractivity contribution in [2.45, 2.75) is 336 Å². The lowest BCUT2D eigenvalue weighted by Crippen LogP contribution is -2.66. The molecule has 1 amide bonds. The number of amides is 1. The molecular formula is C60H113NO18. The van der Waals surface area contributed by atoms with Crippen LogP contribution in [0, 0.1) is 0 Å². The van der Waals surface area contributed by atoms with E-state index in [9.17, 15) is 61.0 Å². The number of allylic oxidation sites excluding steroid dienone is 1. The molecule has 0 radical (unpaired) electrons. The standard InChI is InChI=1S/C60H113NO18/c1-3-5-7-9-11-13-15-16-17-18-19-20-21-22-23-24-25-26-27-28-30-32-34-36-38-48(66)61-43(44(65)37-35-33-31-29-14-12-10-8-6-4-2)42-74-58-54(72)51(69)56(46(40-63)76-58)79-60-55(73)52(70)57(47(41-64)77-60)78-59-53(71)50(68)49(67)45(39-62)75-59/h35,37,43-47,49-60,62-65,67-73H,3-34,36,38-42H2,1-2H3,(H,61,66)/b37-35+. The van der Waals surface area contributed by atoms with Crippen molar-refractivity contribution in [3.8, 4) is 0 Å². The number of nitrogens with one attached hydrogen (secondary N) is 1. The van der Waals surface area contributed by atoms with Crippen LogP contribution in [0.15, 0.2) is 12.2 Å². The van der Waals surface area contributed by atoms with Gasteiger partial charge in [0.25, 0.3) is 0 Å². The Morgan fingerprint density at radius 2 is 0.785 bits per heavy atom. The van der Waals surface area contributed by atoms with E-state index in [1.54, 1.807) is 6.08 Å². The minimum absolute atomic E-state index is 0.249. The van der Waals surface area contributed by atoms with E-state index in [0.29, 0.717) is 6.42 Å². The van der Waals surface area contributed by atoms with Crippen LogP contribution in [0.5, 0.6) is 0 Å². The molecule has 0 spiro atoms. The molecular weight excluding hydrogens is 1020 g/mol. The fraction of sp³-hybridized carbons (Fsp3) is 0.950. The van der Waals surface area contributed by atoms with Crippen LogP contribution in [-0.4, -0.2) is 193 Å². The van der Waals surface area contributed by atoms with E-state index < -0.39 is 124 Å². The van der Waals surface area contributed by atoms with Crippen LogP contribution < -0.4 is 5.32 Å².